The van der Waals surface area contributed by atoms with Crippen LogP contribution in [0.25, 0.3) is 0 Å². The number of carbonyl (C=O) groups is 3. The van der Waals surface area contributed by atoms with Crippen LogP contribution in [0.2, 0.25) is 0 Å². The lowest BCUT2D eigenvalue weighted by Crippen LogP contribution is -2.49. The summed E-state index contributed by atoms with van der Waals surface area (Å²) in [6.45, 7) is 11.4. The summed E-state index contributed by atoms with van der Waals surface area (Å²) in [5, 5.41) is 15.4. The minimum Gasteiger partial charge on any atom is -0.366 e. The molecule has 2 fully saturated rings. The molecule has 0 saturated carbocycles. The number of rotatable bonds is 5. The Hall–Kier alpha value is -4.68. The summed E-state index contributed by atoms with van der Waals surface area (Å²) < 4.78 is 0. The maximum Gasteiger partial charge on any atom is 0.255 e. The summed E-state index contributed by atoms with van der Waals surface area (Å²) in [6, 6.07) is 21.8. The number of nitrogens with one attached hydrogen (secondary N) is 2. The predicted octanol–water partition coefficient (Wildman–Crippen LogP) is 4.12. The van der Waals surface area contributed by atoms with Crippen LogP contribution < -0.4 is 15.5 Å². The zero-order chi connectivity index (χ0) is 30.6. The SMILES string of the molecule is CC(C)(C)c1ccc(C(=O)N2CCN(c3ccc(C(=O)N4CCNCC4)cc3NC(=O)c3ccc(C#N)cc3)CC2)cc1. The highest BCUT2D eigenvalue weighted by atomic mass is 16.2. The van der Waals surface area contributed by atoms with Gasteiger partial charge in [0.2, 0.25) is 0 Å². The first-order valence-corrected chi connectivity index (χ1v) is 14.7. The van der Waals surface area contributed by atoms with Crippen LogP contribution in [0.5, 0.6) is 0 Å². The normalized spacial score (nSPS) is 15.5. The van der Waals surface area contributed by atoms with E-state index in [1.54, 1.807) is 30.3 Å². The Balaban J connectivity index is 1.34. The molecule has 0 unspecified atom stereocenters. The molecule has 43 heavy (non-hydrogen) atoms. The highest BCUT2D eigenvalue weighted by molar-refractivity contribution is 6.07. The number of benzene rings is 3. The Morgan fingerprint density at radius 3 is 1.91 bits per heavy atom. The molecule has 222 valence electrons. The maximum absolute atomic E-state index is 13.3. The molecule has 3 amide bonds. The van der Waals surface area contributed by atoms with Crippen LogP contribution in [0.3, 0.4) is 0 Å². The van der Waals surface area contributed by atoms with Crippen molar-refractivity contribution in [1.29, 1.82) is 5.26 Å². The highest BCUT2D eigenvalue weighted by Gasteiger charge is 2.26. The number of piperazine rings is 2. The van der Waals surface area contributed by atoms with E-state index in [0.717, 1.165) is 18.8 Å². The molecular weight excluding hydrogens is 540 g/mol. The van der Waals surface area contributed by atoms with Gasteiger partial charge in [-0.25, -0.2) is 0 Å². The summed E-state index contributed by atoms with van der Waals surface area (Å²) in [6.07, 6.45) is 0. The molecule has 3 aromatic rings. The van der Waals surface area contributed by atoms with Gasteiger partial charge in [-0.05, 0) is 65.6 Å². The van der Waals surface area contributed by atoms with E-state index in [4.69, 9.17) is 5.26 Å². The molecule has 0 atom stereocenters. The van der Waals surface area contributed by atoms with Gasteiger partial charge in [-0.3, -0.25) is 14.4 Å². The zero-order valence-electron chi connectivity index (χ0n) is 25.0. The van der Waals surface area contributed by atoms with Gasteiger partial charge in [-0.15, -0.1) is 0 Å². The summed E-state index contributed by atoms with van der Waals surface area (Å²) >= 11 is 0. The molecule has 0 aliphatic carbocycles. The Morgan fingerprint density at radius 1 is 0.744 bits per heavy atom. The van der Waals surface area contributed by atoms with Crippen LogP contribution in [0, 0.1) is 11.3 Å². The number of carbonyl (C=O) groups excluding carboxylic acids is 3. The van der Waals surface area contributed by atoms with Crippen LogP contribution in [0.4, 0.5) is 11.4 Å². The van der Waals surface area contributed by atoms with Crippen LogP contribution in [0.15, 0.2) is 66.7 Å². The molecule has 0 spiro atoms. The van der Waals surface area contributed by atoms with E-state index >= 15 is 0 Å². The van der Waals surface area contributed by atoms with Gasteiger partial charge in [0.15, 0.2) is 0 Å². The van der Waals surface area contributed by atoms with Gasteiger partial charge in [0, 0.05) is 69.0 Å². The Bertz CT molecular complexity index is 1520. The average Bonchev–Trinajstić information content (AvgIpc) is 3.04. The second kappa shape index (κ2) is 12.7. The van der Waals surface area contributed by atoms with Crippen molar-refractivity contribution in [3.8, 4) is 6.07 Å². The summed E-state index contributed by atoms with van der Waals surface area (Å²) in [4.78, 5) is 45.6. The summed E-state index contributed by atoms with van der Waals surface area (Å²) in [7, 11) is 0. The zero-order valence-corrected chi connectivity index (χ0v) is 25.0. The Morgan fingerprint density at radius 2 is 1.30 bits per heavy atom. The molecular formula is C34H38N6O3. The van der Waals surface area contributed by atoms with E-state index in [1.165, 1.54) is 5.56 Å². The number of amides is 3. The van der Waals surface area contributed by atoms with E-state index in [1.807, 2.05) is 46.2 Å². The number of nitrogens with zero attached hydrogens (tertiary/aromatic N) is 4. The fourth-order valence-corrected chi connectivity index (χ4v) is 5.43. The fraction of sp³-hybridized carbons (Fsp3) is 0.353. The smallest absolute Gasteiger partial charge is 0.255 e. The van der Waals surface area contributed by atoms with Crippen LogP contribution in [-0.4, -0.2) is 79.9 Å². The summed E-state index contributed by atoms with van der Waals surface area (Å²) in [5.41, 5.74) is 4.60. The Kier molecular flexibility index (Phi) is 8.78. The minimum absolute atomic E-state index is 0.00594. The number of hydrogen-bond acceptors (Lipinski definition) is 6. The molecule has 2 aliphatic rings. The molecule has 0 radical (unpaired) electrons. The molecule has 2 N–H and O–H groups in total. The van der Waals surface area contributed by atoms with Crippen molar-refractivity contribution in [3.05, 3.63) is 94.5 Å². The molecule has 5 rings (SSSR count). The molecule has 0 aromatic heterocycles. The van der Waals surface area contributed by atoms with Gasteiger partial charge in [0.1, 0.15) is 0 Å². The second-order valence-corrected chi connectivity index (χ2v) is 12.0. The molecule has 9 nitrogen and oxygen atoms in total. The quantitative estimate of drug-likeness (QED) is 0.472. The third-order valence-electron chi connectivity index (χ3n) is 8.08. The van der Waals surface area contributed by atoms with Gasteiger partial charge >= 0.3 is 0 Å². The molecule has 2 aliphatic heterocycles. The highest BCUT2D eigenvalue weighted by Crippen LogP contribution is 2.30. The van der Waals surface area contributed by atoms with Crippen LogP contribution >= 0.6 is 0 Å². The number of anilines is 2. The van der Waals surface area contributed by atoms with E-state index in [2.05, 4.69) is 42.4 Å². The minimum atomic E-state index is -0.329. The first-order valence-electron chi connectivity index (χ1n) is 14.7. The maximum atomic E-state index is 13.3. The van der Waals surface area contributed by atoms with E-state index in [9.17, 15) is 14.4 Å². The van der Waals surface area contributed by atoms with E-state index in [0.29, 0.717) is 67.2 Å². The van der Waals surface area contributed by atoms with Crippen molar-refractivity contribution < 1.29 is 14.4 Å². The third-order valence-corrected chi connectivity index (χ3v) is 8.08. The molecule has 9 heteroatoms. The lowest BCUT2D eigenvalue weighted by Gasteiger charge is -2.37. The third kappa shape index (κ3) is 6.87. The van der Waals surface area contributed by atoms with Crippen LogP contribution in [-0.2, 0) is 5.41 Å². The molecule has 2 heterocycles. The first-order chi connectivity index (χ1) is 20.6. The Labute approximate surface area is 253 Å². The standard InChI is InChI=1S/C34H38N6O3/c1-34(2,3)28-11-8-26(9-12-28)32(42)40-20-18-38(19-21-40)30-13-10-27(33(43)39-16-14-36-15-17-39)22-29(30)37-31(41)25-6-4-24(23-35)5-7-25/h4-13,22,36H,14-21H2,1-3H3,(H,37,41). The summed E-state index contributed by atoms with van der Waals surface area (Å²) in [5.74, 6) is -0.397. The van der Waals surface area contributed by atoms with Gasteiger partial charge in [-0.1, -0.05) is 32.9 Å². The largest absolute Gasteiger partial charge is 0.366 e. The fourth-order valence-electron chi connectivity index (χ4n) is 5.43. The van der Waals surface area contributed by atoms with Crippen molar-refractivity contribution in [2.75, 3.05) is 62.6 Å². The lowest BCUT2D eigenvalue weighted by molar-refractivity contribution is 0.0731. The van der Waals surface area contributed by atoms with E-state index in [-0.39, 0.29) is 23.1 Å². The second-order valence-electron chi connectivity index (χ2n) is 12.0. The lowest BCUT2D eigenvalue weighted by atomic mass is 9.86. The van der Waals surface area contributed by atoms with Crippen molar-refractivity contribution in [2.24, 2.45) is 0 Å². The topological polar surface area (TPSA) is 109 Å². The van der Waals surface area contributed by atoms with Gasteiger partial charge in [-0.2, -0.15) is 5.26 Å². The van der Waals surface area contributed by atoms with Crippen molar-refractivity contribution in [3.63, 3.8) is 0 Å². The molecule has 2 saturated heterocycles. The van der Waals surface area contributed by atoms with Gasteiger partial charge < -0.3 is 25.3 Å². The van der Waals surface area contributed by atoms with Crippen molar-refractivity contribution in [2.45, 2.75) is 26.2 Å². The van der Waals surface area contributed by atoms with Gasteiger partial charge in [0.25, 0.3) is 17.7 Å². The molecule has 0 bridgehead atoms. The van der Waals surface area contributed by atoms with Crippen LogP contribution in [0.1, 0.15) is 63.0 Å². The average molecular weight is 579 g/mol. The van der Waals surface area contributed by atoms with Crippen molar-refractivity contribution in [1.82, 2.24) is 15.1 Å². The van der Waals surface area contributed by atoms with Gasteiger partial charge in [0.05, 0.1) is 23.0 Å². The number of hydrogen-bond donors (Lipinski definition) is 2. The predicted molar refractivity (Wildman–Crippen MR) is 168 cm³/mol. The molecule has 3 aromatic carbocycles. The number of nitriles is 1. The monoisotopic (exact) mass is 578 g/mol. The van der Waals surface area contributed by atoms with E-state index < -0.39 is 0 Å². The van der Waals surface area contributed by atoms with Crippen molar-refractivity contribution >= 4 is 29.1 Å². The first kappa shape index (κ1) is 29.8.